The van der Waals surface area contributed by atoms with Crippen LogP contribution < -0.4 is 10.6 Å². The fraction of sp³-hybridized carbons (Fsp3) is 0.333. The second-order valence-electron chi connectivity index (χ2n) is 4.61. The Balaban J connectivity index is 2.65. The largest absolute Gasteiger partial charge is 0.353 e. The Morgan fingerprint density at radius 1 is 1.43 bits per heavy atom. The zero-order chi connectivity index (χ0) is 15.7. The van der Waals surface area contributed by atoms with E-state index >= 15 is 0 Å². The number of nitrogens with zero attached hydrogens (tertiary/aromatic N) is 2. The lowest BCUT2D eigenvalue weighted by Crippen LogP contribution is -2.43. The topological polar surface area (TPSA) is 56.7 Å². The molecule has 1 aromatic rings. The minimum Gasteiger partial charge on any atom is -0.353 e. The van der Waals surface area contributed by atoms with Crippen molar-refractivity contribution < 1.29 is 4.79 Å². The number of amides is 1. The van der Waals surface area contributed by atoms with Gasteiger partial charge in [0, 0.05) is 25.7 Å². The Bertz CT molecular complexity index is 514. The fourth-order valence-electron chi connectivity index (χ4n) is 1.47. The van der Waals surface area contributed by atoms with Crippen molar-refractivity contribution in [2.45, 2.75) is 6.54 Å². The van der Waals surface area contributed by atoms with E-state index in [1.165, 1.54) is 4.90 Å². The lowest BCUT2D eigenvalue weighted by molar-refractivity contribution is -0.127. The highest BCUT2D eigenvalue weighted by atomic mass is 35.5. The maximum Gasteiger partial charge on any atom is 0.241 e. The van der Waals surface area contributed by atoms with Gasteiger partial charge in [0.25, 0.3) is 0 Å². The van der Waals surface area contributed by atoms with Gasteiger partial charge in [-0.1, -0.05) is 29.8 Å². The Morgan fingerprint density at radius 3 is 2.81 bits per heavy atom. The van der Waals surface area contributed by atoms with Gasteiger partial charge >= 0.3 is 0 Å². The van der Waals surface area contributed by atoms with E-state index in [2.05, 4.69) is 22.2 Å². The molecule has 21 heavy (non-hydrogen) atoms. The fourth-order valence-corrected chi connectivity index (χ4v) is 1.68. The number of hydrogen-bond donors (Lipinski definition) is 2. The molecule has 6 heteroatoms. The minimum atomic E-state index is -0.0224. The zero-order valence-corrected chi connectivity index (χ0v) is 13.2. The lowest BCUT2D eigenvalue weighted by Gasteiger charge is -2.14. The summed E-state index contributed by atoms with van der Waals surface area (Å²) >= 11 is 5.94. The molecule has 1 rings (SSSR count). The number of halogens is 1. The van der Waals surface area contributed by atoms with Crippen molar-refractivity contribution in [3.8, 4) is 0 Å². The second-order valence-corrected chi connectivity index (χ2v) is 5.04. The molecular formula is C15H21ClN4O. The summed E-state index contributed by atoms with van der Waals surface area (Å²) in [7, 11) is 3.42. The van der Waals surface area contributed by atoms with Crippen molar-refractivity contribution in [2.75, 3.05) is 27.2 Å². The van der Waals surface area contributed by atoms with Gasteiger partial charge in [-0.3, -0.25) is 4.79 Å². The Kier molecular flexibility index (Phi) is 7.32. The third-order valence-electron chi connectivity index (χ3n) is 2.63. The van der Waals surface area contributed by atoms with Crippen LogP contribution in [0, 0.1) is 0 Å². The Hall–Kier alpha value is -2.01. The number of carbonyl (C=O) groups is 1. The molecule has 0 heterocycles. The maximum absolute atomic E-state index is 11.6. The molecule has 114 valence electrons. The van der Waals surface area contributed by atoms with Crippen LogP contribution in [-0.4, -0.2) is 44.0 Å². The molecule has 5 nitrogen and oxygen atoms in total. The summed E-state index contributed by atoms with van der Waals surface area (Å²) in [5.41, 5.74) is 1.00. The number of nitrogens with one attached hydrogen (secondary N) is 2. The Morgan fingerprint density at radius 2 is 2.19 bits per heavy atom. The molecule has 0 aromatic heterocycles. The van der Waals surface area contributed by atoms with Gasteiger partial charge in [-0.15, -0.1) is 6.58 Å². The average Bonchev–Trinajstić information content (AvgIpc) is 2.46. The van der Waals surface area contributed by atoms with Crippen LogP contribution in [0.1, 0.15) is 5.56 Å². The molecule has 1 aromatic carbocycles. The molecule has 0 unspecified atom stereocenters. The van der Waals surface area contributed by atoms with Gasteiger partial charge in [0.1, 0.15) is 0 Å². The first kappa shape index (κ1) is 17.0. The van der Waals surface area contributed by atoms with Crippen molar-refractivity contribution in [2.24, 2.45) is 4.99 Å². The van der Waals surface area contributed by atoms with Gasteiger partial charge < -0.3 is 15.5 Å². The maximum atomic E-state index is 11.6. The van der Waals surface area contributed by atoms with Crippen LogP contribution in [0.3, 0.4) is 0 Å². The number of hydrogen-bond acceptors (Lipinski definition) is 2. The van der Waals surface area contributed by atoms with Crippen molar-refractivity contribution in [3.05, 3.63) is 47.5 Å². The molecule has 0 spiro atoms. The standard InChI is InChI=1S/C15H21ClN4O/c1-4-8-17-15(19-11-14(21)20(2)3)18-10-12-6-5-7-13(16)9-12/h4-7,9H,1,8,10-11H2,2-3H3,(H2,17,18,19). The predicted octanol–water partition coefficient (Wildman–Crippen LogP) is 1.65. The van der Waals surface area contributed by atoms with E-state index in [1.807, 2.05) is 24.3 Å². The van der Waals surface area contributed by atoms with Gasteiger partial charge in [-0.2, -0.15) is 0 Å². The van der Waals surface area contributed by atoms with Crippen LogP contribution in [0.15, 0.2) is 41.9 Å². The monoisotopic (exact) mass is 308 g/mol. The number of guanidine groups is 1. The summed E-state index contributed by atoms with van der Waals surface area (Å²) in [6, 6.07) is 7.51. The molecule has 0 aliphatic carbocycles. The van der Waals surface area contributed by atoms with Crippen molar-refractivity contribution in [1.82, 2.24) is 15.5 Å². The first-order valence-electron chi connectivity index (χ1n) is 6.60. The van der Waals surface area contributed by atoms with E-state index in [0.717, 1.165) is 5.56 Å². The first-order valence-corrected chi connectivity index (χ1v) is 6.98. The van der Waals surface area contributed by atoms with Crippen LogP contribution in [-0.2, 0) is 11.3 Å². The first-order chi connectivity index (χ1) is 10.0. The average molecular weight is 309 g/mol. The quantitative estimate of drug-likeness (QED) is 0.477. The summed E-state index contributed by atoms with van der Waals surface area (Å²) in [5, 5.41) is 6.73. The van der Waals surface area contributed by atoms with Crippen LogP contribution >= 0.6 is 11.6 Å². The smallest absolute Gasteiger partial charge is 0.241 e. The predicted molar refractivity (Wildman–Crippen MR) is 87.5 cm³/mol. The van der Waals surface area contributed by atoms with Crippen LogP contribution in [0.25, 0.3) is 0 Å². The van der Waals surface area contributed by atoms with Gasteiger partial charge in [-0.25, -0.2) is 4.99 Å². The lowest BCUT2D eigenvalue weighted by atomic mass is 10.2. The summed E-state index contributed by atoms with van der Waals surface area (Å²) in [6.07, 6.45) is 1.73. The summed E-state index contributed by atoms with van der Waals surface area (Å²) in [6.45, 7) is 4.88. The second kappa shape index (κ2) is 9.02. The molecule has 0 aliphatic heterocycles. The molecule has 0 aliphatic rings. The third kappa shape index (κ3) is 6.81. The number of benzene rings is 1. The van der Waals surface area contributed by atoms with E-state index < -0.39 is 0 Å². The van der Waals surface area contributed by atoms with Gasteiger partial charge in [0.15, 0.2) is 5.96 Å². The van der Waals surface area contributed by atoms with E-state index in [-0.39, 0.29) is 12.5 Å². The number of rotatable bonds is 6. The molecule has 2 N–H and O–H groups in total. The van der Waals surface area contributed by atoms with E-state index in [0.29, 0.717) is 24.1 Å². The zero-order valence-electron chi connectivity index (χ0n) is 12.4. The minimum absolute atomic E-state index is 0.0224. The van der Waals surface area contributed by atoms with Crippen LogP contribution in [0.4, 0.5) is 0 Å². The highest BCUT2D eigenvalue weighted by molar-refractivity contribution is 6.30. The molecular weight excluding hydrogens is 288 g/mol. The van der Waals surface area contributed by atoms with E-state index in [9.17, 15) is 4.79 Å². The van der Waals surface area contributed by atoms with Gasteiger partial charge in [-0.05, 0) is 17.7 Å². The van der Waals surface area contributed by atoms with Gasteiger partial charge in [0.05, 0.1) is 13.1 Å². The van der Waals surface area contributed by atoms with Gasteiger partial charge in [0.2, 0.25) is 5.91 Å². The van der Waals surface area contributed by atoms with Crippen molar-refractivity contribution in [1.29, 1.82) is 0 Å². The highest BCUT2D eigenvalue weighted by Gasteiger charge is 2.05. The normalized spacial score (nSPS) is 10.9. The molecule has 0 fully saturated rings. The number of likely N-dealkylation sites (N-methyl/N-ethyl adjacent to an activating group) is 1. The summed E-state index contributed by atoms with van der Waals surface area (Å²) in [4.78, 5) is 17.5. The van der Waals surface area contributed by atoms with E-state index in [1.54, 1.807) is 20.2 Å². The molecule has 0 atom stereocenters. The molecule has 0 radical (unpaired) electrons. The van der Waals surface area contributed by atoms with Crippen molar-refractivity contribution in [3.63, 3.8) is 0 Å². The Labute approximate surface area is 130 Å². The van der Waals surface area contributed by atoms with Crippen LogP contribution in [0.5, 0.6) is 0 Å². The summed E-state index contributed by atoms with van der Waals surface area (Å²) < 4.78 is 0. The summed E-state index contributed by atoms with van der Waals surface area (Å²) in [5.74, 6) is 0.538. The number of aliphatic imine (C=N–C) groups is 1. The number of carbonyl (C=O) groups excluding carboxylic acids is 1. The van der Waals surface area contributed by atoms with Crippen molar-refractivity contribution >= 4 is 23.5 Å². The molecule has 1 amide bonds. The molecule has 0 bridgehead atoms. The highest BCUT2D eigenvalue weighted by Crippen LogP contribution is 2.11. The van der Waals surface area contributed by atoms with E-state index in [4.69, 9.17) is 11.6 Å². The molecule has 0 saturated carbocycles. The molecule has 0 saturated heterocycles. The third-order valence-corrected chi connectivity index (χ3v) is 2.86. The SMILES string of the molecule is C=CCNC(=NCc1cccc(Cl)c1)NCC(=O)N(C)C. The van der Waals surface area contributed by atoms with Crippen LogP contribution in [0.2, 0.25) is 5.02 Å².